The van der Waals surface area contributed by atoms with Crippen molar-refractivity contribution in [2.75, 3.05) is 11.4 Å². The lowest BCUT2D eigenvalue weighted by molar-refractivity contribution is -0.384. The first-order valence-electron chi connectivity index (χ1n) is 9.44. The van der Waals surface area contributed by atoms with Crippen molar-refractivity contribution in [1.82, 2.24) is 4.98 Å². The zero-order valence-electron chi connectivity index (χ0n) is 15.2. The van der Waals surface area contributed by atoms with E-state index >= 15 is 0 Å². The van der Waals surface area contributed by atoms with E-state index in [-0.39, 0.29) is 16.7 Å². The molecule has 0 saturated carbocycles. The van der Waals surface area contributed by atoms with Crippen LogP contribution in [0.5, 0.6) is 0 Å². The topological polar surface area (TPSA) is 83.1 Å². The second kappa shape index (κ2) is 6.28. The van der Waals surface area contributed by atoms with Crippen molar-refractivity contribution in [2.45, 2.75) is 37.1 Å². The predicted molar refractivity (Wildman–Crippen MR) is 109 cm³/mol. The molecule has 1 fully saturated rings. The van der Waals surface area contributed by atoms with Crippen molar-refractivity contribution in [1.29, 1.82) is 5.26 Å². The molecule has 0 radical (unpaired) electrons. The first-order chi connectivity index (χ1) is 13.6. The number of fused-ring (bicyclic) bond motifs is 4. The van der Waals surface area contributed by atoms with Crippen LogP contribution in [0.4, 0.5) is 11.4 Å². The summed E-state index contributed by atoms with van der Waals surface area (Å²) in [5.41, 5.74) is 2.09. The first kappa shape index (κ1) is 17.1. The second-order valence-corrected chi connectivity index (χ2v) is 8.55. The van der Waals surface area contributed by atoms with Crippen LogP contribution < -0.4 is 4.90 Å². The van der Waals surface area contributed by atoms with E-state index in [0.29, 0.717) is 6.42 Å². The second-order valence-electron chi connectivity index (χ2n) is 7.52. The predicted octanol–water partition coefficient (Wildman–Crippen LogP) is 4.58. The van der Waals surface area contributed by atoms with Crippen LogP contribution in [0.1, 0.15) is 29.8 Å². The molecule has 0 N–H and O–H groups in total. The Morgan fingerprint density at radius 2 is 2.14 bits per heavy atom. The monoisotopic (exact) mass is 390 g/mol. The van der Waals surface area contributed by atoms with Crippen molar-refractivity contribution in [3.8, 4) is 6.07 Å². The number of para-hydroxylation sites is 1. The summed E-state index contributed by atoms with van der Waals surface area (Å²) < 4.78 is 1.07. The zero-order valence-corrected chi connectivity index (χ0v) is 16.0. The Balaban J connectivity index is 1.71. The molecule has 28 heavy (non-hydrogen) atoms. The number of thiazole rings is 1. The van der Waals surface area contributed by atoms with Crippen LogP contribution in [-0.4, -0.2) is 22.5 Å². The fraction of sp³-hybridized carbons (Fsp3) is 0.333. The summed E-state index contributed by atoms with van der Waals surface area (Å²) in [6.07, 6.45) is 3.54. The number of benzene rings is 2. The number of non-ortho nitro benzene ring substituents is 1. The maximum absolute atomic E-state index is 11.3. The molecule has 0 spiro atoms. The SMILES string of the molecule is N#C[C@]1(c2nc3ccccc3s2)Cc2cc([N+](=O)[O-])ccc2N2CCCC[C@@H]21. The Hall–Kier alpha value is -2.98. The Bertz CT molecular complexity index is 1100. The molecular weight excluding hydrogens is 372 g/mol. The highest BCUT2D eigenvalue weighted by atomic mass is 32.1. The Kier molecular flexibility index (Phi) is 3.84. The van der Waals surface area contributed by atoms with E-state index in [2.05, 4.69) is 11.0 Å². The van der Waals surface area contributed by atoms with Gasteiger partial charge in [-0.25, -0.2) is 4.98 Å². The van der Waals surface area contributed by atoms with E-state index < -0.39 is 5.41 Å². The molecule has 6 nitrogen and oxygen atoms in total. The van der Waals surface area contributed by atoms with Crippen molar-refractivity contribution in [2.24, 2.45) is 0 Å². The lowest BCUT2D eigenvalue weighted by Crippen LogP contribution is -2.56. The fourth-order valence-electron chi connectivity index (χ4n) is 4.70. The summed E-state index contributed by atoms with van der Waals surface area (Å²) in [5, 5.41) is 22.5. The molecule has 0 amide bonds. The summed E-state index contributed by atoms with van der Waals surface area (Å²) >= 11 is 1.57. The Morgan fingerprint density at radius 1 is 1.29 bits per heavy atom. The maximum atomic E-state index is 11.3. The molecule has 2 aliphatic rings. The first-order valence-corrected chi connectivity index (χ1v) is 10.3. The molecule has 2 atom stereocenters. The van der Waals surface area contributed by atoms with Gasteiger partial charge in [-0.1, -0.05) is 12.1 Å². The molecule has 1 aromatic heterocycles. The van der Waals surface area contributed by atoms with Crippen LogP contribution in [0.2, 0.25) is 0 Å². The van der Waals surface area contributed by atoms with Gasteiger partial charge in [0.25, 0.3) is 5.69 Å². The summed E-state index contributed by atoms with van der Waals surface area (Å²) in [4.78, 5) is 18.1. The van der Waals surface area contributed by atoms with Gasteiger partial charge in [0.2, 0.25) is 0 Å². The normalized spacial score (nSPS) is 23.7. The highest BCUT2D eigenvalue weighted by Gasteiger charge is 2.51. The third kappa shape index (κ3) is 2.41. The number of hydrogen-bond acceptors (Lipinski definition) is 6. The minimum absolute atomic E-state index is 0.0424. The van der Waals surface area contributed by atoms with Crippen LogP contribution in [-0.2, 0) is 11.8 Å². The number of nitrogens with zero attached hydrogens (tertiary/aromatic N) is 4. The average molecular weight is 390 g/mol. The van der Waals surface area contributed by atoms with Gasteiger partial charge in [-0.05, 0) is 43.0 Å². The third-order valence-electron chi connectivity index (χ3n) is 6.00. The zero-order chi connectivity index (χ0) is 19.3. The van der Waals surface area contributed by atoms with Gasteiger partial charge < -0.3 is 4.90 Å². The largest absolute Gasteiger partial charge is 0.366 e. The molecule has 3 aromatic rings. The number of anilines is 1. The van der Waals surface area contributed by atoms with Crippen LogP contribution in [0, 0.1) is 21.4 Å². The fourth-order valence-corrected chi connectivity index (χ4v) is 5.85. The van der Waals surface area contributed by atoms with Gasteiger partial charge in [0, 0.05) is 30.8 Å². The number of piperidine rings is 1. The molecule has 0 unspecified atom stereocenters. The Morgan fingerprint density at radius 3 is 2.93 bits per heavy atom. The summed E-state index contributed by atoms with van der Waals surface area (Å²) in [6, 6.07) is 15.7. The van der Waals surface area contributed by atoms with E-state index in [0.717, 1.165) is 52.3 Å². The van der Waals surface area contributed by atoms with E-state index in [1.54, 1.807) is 23.5 Å². The van der Waals surface area contributed by atoms with Crippen LogP contribution >= 0.6 is 11.3 Å². The molecular formula is C21H18N4O2S. The lowest BCUT2D eigenvalue weighted by atomic mass is 9.69. The molecule has 1 saturated heterocycles. The van der Waals surface area contributed by atoms with Crippen molar-refractivity contribution in [3.63, 3.8) is 0 Å². The van der Waals surface area contributed by atoms with Gasteiger partial charge >= 0.3 is 0 Å². The number of rotatable bonds is 2. The van der Waals surface area contributed by atoms with Crippen LogP contribution in [0.15, 0.2) is 42.5 Å². The van der Waals surface area contributed by atoms with Crippen LogP contribution in [0.25, 0.3) is 10.2 Å². The molecule has 140 valence electrons. The van der Waals surface area contributed by atoms with Gasteiger partial charge in [-0.3, -0.25) is 10.1 Å². The van der Waals surface area contributed by atoms with Gasteiger partial charge in [0.15, 0.2) is 0 Å². The van der Waals surface area contributed by atoms with Gasteiger partial charge in [-0.15, -0.1) is 11.3 Å². The quantitative estimate of drug-likeness (QED) is 0.472. The molecule has 2 aliphatic heterocycles. The number of hydrogen-bond donors (Lipinski definition) is 0. The molecule has 0 bridgehead atoms. The highest BCUT2D eigenvalue weighted by molar-refractivity contribution is 7.18. The maximum Gasteiger partial charge on any atom is 0.269 e. The highest BCUT2D eigenvalue weighted by Crippen LogP contribution is 2.48. The standard InChI is InChI=1S/C21H18N4O2S/c22-13-21(20-23-16-5-1-2-6-18(16)28-20)12-14-11-15(25(26)27)8-9-17(14)24-10-4-3-7-19(21)24/h1-2,5-6,8-9,11,19H,3-4,7,10,12H2/t19-,21-/m1/s1. The van der Waals surface area contributed by atoms with E-state index in [4.69, 9.17) is 4.98 Å². The summed E-state index contributed by atoms with van der Waals surface area (Å²) in [5.74, 6) is 0. The number of aromatic nitrogens is 1. The van der Waals surface area contributed by atoms with Crippen molar-refractivity contribution in [3.05, 3.63) is 63.1 Å². The molecule has 5 rings (SSSR count). The van der Waals surface area contributed by atoms with E-state index in [1.807, 2.05) is 30.3 Å². The van der Waals surface area contributed by atoms with E-state index in [9.17, 15) is 15.4 Å². The minimum atomic E-state index is -0.785. The smallest absolute Gasteiger partial charge is 0.269 e. The lowest BCUT2D eigenvalue weighted by Gasteiger charge is -2.49. The van der Waals surface area contributed by atoms with Crippen molar-refractivity contribution >= 4 is 32.9 Å². The molecule has 2 aromatic carbocycles. The summed E-state index contributed by atoms with van der Waals surface area (Å²) in [6.45, 7) is 0.865. The van der Waals surface area contributed by atoms with E-state index in [1.165, 1.54) is 0 Å². The molecule has 7 heteroatoms. The van der Waals surface area contributed by atoms with Gasteiger partial charge in [0.1, 0.15) is 10.4 Å². The molecule has 0 aliphatic carbocycles. The van der Waals surface area contributed by atoms with Crippen LogP contribution in [0.3, 0.4) is 0 Å². The number of nitro groups is 1. The van der Waals surface area contributed by atoms with Gasteiger partial charge in [0.05, 0.1) is 27.3 Å². The van der Waals surface area contributed by atoms with Gasteiger partial charge in [-0.2, -0.15) is 5.26 Å². The minimum Gasteiger partial charge on any atom is -0.366 e. The Labute approximate surface area is 166 Å². The average Bonchev–Trinajstić information content (AvgIpc) is 3.17. The summed E-state index contributed by atoms with van der Waals surface area (Å²) in [7, 11) is 0. The molecule has 3 heterocycles. The number of nitriles is 1. The third-order valence-corrected chi connectivity index (χ3v) is 7.21. The number of nitro benzene ring substituents is 1. The van der Waals surface area contributed by atoms with Crippen molar-refractivity contribution < 1.29 is 4.92 Å².